The second-order valence-electron chi connectivity index (χ2n) is 5.81. The van der Waals surface area contributed by atoms with E-state index < -0.39 is 11.9 Å². The van der Waals surface area contributed by atoms with Crippen LogP contribution in [0.4, 0.5) is 5.69 Å². The summed E-state index contributed by atoms with van der Waals surface area (Å²) in [6.45, 7) is 0. The van der Waals surface area contributed by atoms with Crippen LogP contribution in [-0.2, 0) is 4.79 Å². The molecule has 4 nitrogen and oxygen atoms in total. The molecule has 3 rings (SSSR count). The van der Waals surface area contributed by atoms with Crippen LogP contribution in [0.15, 0.2) is 83.3 Å². The summed E-state index contributed by atoms with van der Waals surface area (Å²) in [7, 11) is 0. The number of aromatic carboxylic acids is 1. The predicted molar refractivity (Wildman–Crippen MR) is 111 cm³/mol. The average Bonchev–Trinajstić information content (AvgIpc) is 2.69. The number of halogens is 1. The van der Waals surface area contributed by atoms with E-state index in [0.29, 0.717) is 4.47 Å². The van der Waals surface area contributed by atoms with Gasteiger partial charge in [0, 0.05) is 10.5 Å². The van der Waals surface area contributed by atoms with Crippen LogP contribution >= 0.6 is 15.9 Å². The summed E-state index contributed by atoms with van der Waals surface area (Å²) in [5, 5.41) is 11.8. The zero-order valence-corrected chi connectivity index (χ0v) is 15.8. The molecule has 0 aliphatic carbocycles. The number of hydrogen-bond acceptors (Lipinski definition) is 2. The van der Waals surface area contributed by atoms with E-state index in [1.54, 1.807) is 18.2 Å². The number of carbonyl (C=O) groups is 2. The summed E-state index contributed by atoms with van der Waals surface area (Å²) >= 11 is 3.22. The largest absolute Gasteiger partial charge is 0.478 e. The number of nitrogens with one attached hydrogen (secondary N) is 1. The zero-order chi connectivity index (χ0) is 19.2. The molecule has 1 amide bonds. The van der Waals surface area contributed by atoms with E-state index in [2.05, 4.69) is 21.2 Å². The third kappa shape index (κ3) is 4.92. The highest BCUT2D eigenvalue weighted by atomic mass is 79.9. The maximum absolute atomic E-state index is 12.1. The quantitative estimate of drug-likeness (QED) is 0.537. The normalized spacial score (nSPS) is 10.7. The van der Waals surface area contributed by atoms with Crippen LogP contribution in [-0.4, -0.2) is 17.0 Å². The molecule has 134 valence electrons. The molecule has 0 saturated carbocycles. The number of rotatable bonds is 5. The number of carboxylic acids is 1. The molecule has 0 fully saturated rings. The average molecular weight is 422 g/mol. The van der Waals surface area contributed by atoms with Gasteiger partial charge in [0.15, 0.2) is 0 Å². The first kappa shape index (κ1) is 18.6. The summed E-state index contributed by atoms with van der Waals surface area (Å²) in [4.78, 5) is 23.4. The molecular weight excluding hydrogens is 406 g/mol. The predicted octanol–water partition coefficient (Wildman–Crippen LogP) is 5.47. The smallest absolute Gasteiger partial charge is 0.337 e. The molecule has 0 aliphatic heterocycles. The molecule has 0 saturated heterocycles. The summed E-state index contributed by atoms with van der Waals surface area (Å²) in [5.74, 6) is -1.50. The SMILES string of the molecule is O=C(C=Cc1ccc(-c2ccccc2)cc1)Nc1ccc(Br)cc1C(=O)O. The Hall–Kier alpha value is -3.18. The number of carbonyl (C=O) groups excluding carboxylic acids is 1. The van der Waals surface area contributed by atoms with Crippen molar-refractivity contribution in [1.82, 2.24) is 0 Å². The molecule has 3 aromatic carbocycles. The standard InChI is InChI=1S/C22H16BrNO3/c23-18-11-12-20(19(14-18)22(26)27)24-21(25)13-8-15-6-9-17(10-7-15)16-4-2-1-3-5-16/h1-14H,(H,24,25)(H,26,27). The van der Waals surface area contributed by atoms with Crippen molar-refractivity contribution < 1.29 is 14.7 Å². The van der Waals surface area contributed by atoms with Gasteiger partial charge in [0.1, 0.15) is 0 Å². The molecule has 2 N–H and O–H groups in total. The zero-order valence-electron chi connectivity index (χ0n) is 14.2. The molecule has 3 aromatic rings. The molecule has 0 atom stereocenters. The Balaban J connectivity index is 1.70. The van der Waals surface area contributed by atoms with Crippen molar-refractivity contribution >= 4 is 39.6 Å². The Labute approximate surface area is 165 Å². The molecule has 0 spiro atoms. The molecule has 27 heavy (non-hydrogen) atoms. The van der Waals surface area contributed by atoms with Crippen LogP contribution in [0, 0.1) is 0 Å². The first-order valence-corrected chi connectivity index (χ1v) is 8.99. The number of amides is 1. The molecule has 0 aliphatic rings. The minimum absolute atomic E-state index is 0.0262. The van der Waals surface area contributed by atoms with Gasteiger partial charge in [0.25, 0.3) is 0 Å². The summed E-state index contributed by atoms with van der Waals surface area (Å²) in [5.41, 5.74) is 3.37. The van der Waals surface area contributed by atoms with Crippen molar-refractivity contribution in [2.24, 2.45) is 0 Å². The van der Waals surface area contributed by atoms with Gasteiger partial charge in [-0.1, -0.05) is 70.5 Å². The van der Waals surface area contributed by atoms with Crippen LogP contribution in [0.2, 0.25) is 0 Å². The minimum Gasteiger partial charge on any atom is -0.478 e. The highest BCUT2D eigenvalue weighted by Crippen LogP contribution is 2.22. The third-order valence-electron chi connectivity index (χ3n) is 3.91. The van der Waals surface area contributed by atoms with Crippen molar-refractivity contribution in [3.05, 3.63) is 94.5 Å². The first-order chi connectivity index (χ1) is 13.0. The van der Waals surface area contributed by atoms with E-state index in [1.165, 1.54) is 12.1 Å². The fourth-order valence-electron chi connectivity index (χ4n) is 2.57. The number of carboxylic acid groups (broad SMARTS) is 1. The minimum atomic E-state index is -1.10. The number of benzene rings is 3. The molecule has 0 radical (unpaired) electrons. The van der Waals surface area contributed by atoms with Crippen LogP contribution in [0.25, 0.3) is 17.2 Å². The Morgan fingerprint density at radius 1 is 0.889 bits per heavy atom. The molecule has 0 heterocycles. The van der Waals surface area contributed by atoms with Crippen molar-refractivity contribution in [3.8, 4) is 11.1 Å². The lowest BCUT2D eigenvalue weighted by molar-refractivity contribution is -0.111. The fourth-order valence-corrected chi connectivity index (χ4v) is 2.93. The van der Waals surface area contributed by atoms with E-state index >= 15 is 0 Å². The monoisotopic (exact) mass is 421 g/mol. The van der Waals surface area contributed by atoms with Crippen molar-refractivity contribution in [2.45, 2.75) is 0 Å². The van der Waals surface area contributed by atoms with Gasteiger partial charge >= 0.3 is 5.97 Å². The summed E-state index contributed by atoms with van der Waals surface area (Å²) in [6, 6.07) is 22.5. The van der Waals surface area contributed by atoms with Gasteiger partial charge in [0.2, 0.25) is 5.91 Å². The van der Waals surface area contributed by atoms with Crippen LogP contribution < -0.4 is 5.32 Å². The van der Waals surface area contributed by atoms with Gasteiger partial charge in [0.05, 0.1) is 11.3 Å². The second kappa shape index (κ2) is 8.47. The maximum Gasteiger partial charge on any atom is 0.337 e. The van der Waals surface area contributed by atoms with Gasteiger partial charge in [-0.2, -0.15) is 0 Å². The summed E-state index contributed by atoms with van der Waals surface area (Å²) < 4.78 is 0.631. The highest BCUT2D eigenvalue weighted by molar-refractivity contribution is 9.10. The Morgan fingerprint density at radius 2 is 1.56 bits per heavy atom. The van der Waals surface area contributed by atoms with Gasteiger partial charge in [-0.25, -0.2) is 4.79 Å². The van der Waals surface area contributed by atoms with Crippen molar-refractivity contribution in [3.63, 3.8) is 0 Å². The lowest BCUT2D eigenvalue weighted by atomic mass is 10.0. The third-order valence-corrected chi connectivity index (χ3v) is 4.41. The van der Waals surface area contributed by atoms with Crippen LogP contribution in [0.3, 0.4) is 0 Å². The van der Waals surface area contributed by atoms with E-state index in [0.717, 1.165) is 16.7 Å². The van der Waals surface area contributed by atoms with E-state index in [4.69, 9.17) is 0 Å². The van der Waals surface area contributed by atoms with Crippen molar-refractivity contribution in [1.29, 1.82) is 0 Å². The Morgan fingerprint density at radius 3 is 2.22 bits per heavy atom. The second-order valence-corrected chi connectivity index (χ2v) is 6.72. The molecular formula is C22H16BrNO3. The van der Waals surface area contributed by atoms with Crippen LogP contribution in [0.5, 0.6) is 0 Å². The highest BCUT2D eigenvalue weighted by Gasteiger charge is 2.11. The molecule has 0 unspecified atom stereocenters. The Kier molecular flexibility index (Phi) is 5.84. The topological polar surface area (TPSA) is 66.4 Å². The van der Waals surface area contributed by atoms with Crippen molar-refractivity contribution in [2.75, 3.05) is 5.32 Å². The van der Waals surface area contributed by atoms with Gasteiger partial charge in [-0.3, -0.25) is 4.79 Å². The van der Waals surface area contributed by atoms with E-state index in [-0.39, 0.29) is 11.3 Å². The van der Waals surface area contributed by atoms with E-state index in [9.17, 15) is 14.7 Å². The van der Waals surface area contributed by atoms with E-state index in [1.807, 2.05) is 54.6 Å². The fraction of sp³-hybridized carbons (Fsp3) is 0. The first-order valence-electron chi connectivity index (χ1n) is 8.20. The lowest BCUT2D eigenvalue weighted by Crippen LogP contribution is -2.12. The van der Waals surface area contributed by atoms with Gasteiger partial charge in [-0.05, 0) is 41.0 Å². The summed E-state index contributed by atoms with van der Waals surface area (Å²) in [6.07, 6.45) is 3.06. The molecule has 5 heteroatoms. The number of hydrogen-bond donors (Lipinski definition) is 2. The lowest BCUT2D eigenvalue weighted by Gasteiger charge is -2.07. The molecule has 0 aromatic heterocycles. The Bertz CT molecular complexity index is 996. The molecule has 0 bridgehead atoms. The number of anilines is 1. The van der Waals surface area contributed by atoms with Gasteiger partial charge < -0.3 is 10.4 Å². The van der Waals surface area contributed by atoms with Crippen LogP contribution in [0.1, 0.15) is 15.9 Å². The van der Waals surface area contributed by atoms with Gasteiger partial charge in [-0.15, -0.1) is 0 Å². The maximum atomic E-state index is 12.1.